The van der Waals surface area contributed by atoms with E-state index in [2.05, 4.69) is 10.1 Å². The molecule has 7 heteroatoms. The van der Waals surface area contributed by atoms with Crippen molar-refractivity contribution >= 4 is 28.9 Å². The quantitative estimate of drug-likeness (QED) is 0.626. The average Bonchev–Trinajstić information content (AvgIpc) is 3.19. The number of halogens is 1. The van der Waals surface area contributed by atoms with Crippen molar-refractivity contribution in [3.8, 4) is 0 Å². The Balaban J connectivity index is 1.73. The minimum Gasteiger partial charge on any atom is -0.455 e. The van der Waals surface area contributed by atoms with Crippen LogP contribution in [0.1, 0.15) is 21.4 Å². The number of esters is 1. The standard InChI is InChI=1S/C17H16ClN3O2S/c1-12-2-7-15(24-12)8-17(22)23-16(9-21-11-19-10-20-21)13-3-5-14(18)6-4-13/h2-7,10-11,16H,8-9H2,1H3/t16-/m0/s1. The highest BCUT2D eigenvalue weighted by molar-refractivity contribution is 7.12. The molecular formula is C17H16ClN3O2S. The zero-order valence-corrected chi connectivity index (χ0v) is 14.6. The van der Waals surface area contributed by atoms with Crippen LogP contribution in [-0.2, 0) is 22.5 Å². The van der Waals surface area contributed by atoms with E-state index in [1.165, 1.54) is 11.2 Å². The van der Waals surface area contributed by atoms with Crippen LogP contribution in [0.3, 0.4) is 0 Å². The van der Waals surface area contributed by atoms with Crippen LogP contribution in [0, 0.1) is 6.92 Å². The van der Waals surface area contributed by atoms with E-state index < -0.39 is 6.10 Å². The van der Waals surface area contributed by atoms with E-state index in [0.717, 1.165) is 10.4 Å². The molecule has 0 amide bonds. The van der Waals surface area contributed by atoms with Gasteiger partial charge in [-0.3, -0.25) is 4.79 Å². The first-order valence-corrected chi connectivity index (χ1v) is 8.62. The zero-order chi connectivity index (χ0) is 16.9. The maximum absolute atomic E-state index is 12.3. The number of thiophene rings is 1. The molecule has 0 saturated carbocycles. The summed E-state index contributed by atoms with van der Waals surface area (Å²) in [5.41, 5.74) is 0.866. The molecule has 2 heterocycles. The molecule has 5 nitrogen and oxygen atoms in total. The summed E-state index contributed by atoms with van der Waals surface area (Å²) in [5, 5.41) is 4.72. The third-order valence-corrected chi connectivity index (χ3v) is 4.70. The monoisotopic (exact) mass is 361 g/mol. The van der Waals surface area contributed by atoms with Crippen molar-refractivity contribution in [1.29, 1.82) is 0 Å². The van der Waals surface area contributed by atoms with Crippen molar-refractivity contribution in [1.82, 2.24) is 14.8 Å². The molecule has 124 valence electrons. The lowest BCUT2D eigenvalue weighted by Gasteiger charge is -2.18. The molecule has 24 heavy (non-hydrogen) atoms. The highest BCUT2D eigenvalue weighted by Crippen LogP contribution is 2.23. The van der Waals surface area contributed by atoms with Gasteiger partial charge in [-0.05, 0) is 36.8 Å². The number of carbonyl (C=O) groups is 1. The second-order valence-corrected chi connectivity index (χ2v) is 7.15. The van der Waals surface area contributed by atoms with Crippen LogP contribution in [-0.4, -0.2) is 20.7 Å². The maximum atomic E-state index is 12.3. The summed E-state index contributed by atoms with van der Waals surface area (Å²) in [7, 11) is 0. The molecular weight excluding hydrogens is 346 g/mol. The summed E-state index contributed by atoms with van der Waals surface area (Å²) in [5.74, 6) is -0.267. The molecule has 0 saturated heterocycles. The van der Waals surface area contributed by atoms with E-state index in [0.29, 0.717) is 11.6 Å². The number of hydrogen-bond acceptors (Lipinski definition) is 5. The molecule has 3 aromatic rings. The summed E-state index contributed by atoms with van der Waals surface area (Å²) in [6, 6.07) is 11.2. The van der Waals surface area contributed by atoms with Crippen LogP contribution in [0.4, 0.5) is 0 Å². The Morgan fingerprint density at radius 2 is 2.08 bits per heavy atom. The van der Waals surface area contributed by atoms with Crippen molar-refractivity contribution in [2.24, 2.45) is 0 Å². The molecule has 3 rings (SSSR count). The molecule has 0 aliphatic rings. The van der Waals surface area contributed by atoms with Crippen molar-refractivity contribution in [3.05, 3.63) is 69.4 Å². The van der Waals surface area contributed by atoms with Gasteiger partial charge in [-0.1, -0.05) is 23.7 Å². The van der Waals surface area contributed by atoms with Crippen LogP contribution in [0.25, 0.3) is 0 Å². The summed E-state index contributed by atoms with van der Waals surface area (Å²) in [4.78, 5) is 18.4. The molecule has 0 radical (unpaired) electrons. The molecule has 2 aromatic heterocycles. The first-order valence-electron chi connectivity index (χ1n) is 7.43. The third kappa shape index (κ3) is 4.43. The van der Waals surface area contributed by atoms with Crippen molar-refractivity contribution in [2.45, 2.75) is 26.0 Å². The van der Waals surface area contributed by atoms with Crippen LogP contribution >= 0.6 is 22.9 Å². The number of ether oxygens (including phenoxy) is 1. The number of aryl methyl sites for hydroxylation is 1. The van der Waals surface area contributed by atoms with Gasteiger partial charge in [0.1, 0.15) is 18.8 Å². The highest BCUT2D eigenvalue weighted by atomic mass is 35.5. The molecule has 1 atom stereocenters. The van der Waals surface area contributed by atoms with Gasteiger partial charge >= 0.3 is 5.97 Å². The fourth-order valence-electron chi connectivity index (χ4n) is 2.31. The molecule has 0 unspecified atom stereocenters. The lowest BCUT2D eigenvalue weighted by Crippen LogP contribution is -2.18. The van der Waals surface area contributed by atoms with E-state index in [9.17, 15) is 4.79 Å². The van der Waals surface area contributed by atoms with Gasteiger partial charge in [0.05, 0.1) is 13.0 Å². The van der Waals surface area contributed by atoms with Crippen molar-refractivity contribution < 1.29 is 9.53 Å². The highest BCUT2D eigenvalue weighted by Gasteiger charge is 2.19. The second kappa shape index (κ2) is 7.59. The molecule has 1 aromatic carbocycles. The lowest BCUT2D eigenvalue weighted by molar-refractivity contribution is -0.149. The van der Waals surface area contributed by atoms with Gasteiger partial charge in [0.15, 0.2) is 0 Å². The number of carbonyl (C=O) groups excluding carboxylic acids is 1. The van der Waals surface area contributed by atoms with Crippen LogP contribution < -0.4 is 0 Å². The summed E-state index contributed by atoms with van der Waals surface area (Å²) in [6.45, 7) is 2.41. The number of hydrogen-bond donors (Lipinski definition) is 0. The molecule has 0 aliphatic heterocycles. The van der Waals surface area contributed by atoms with E-state index in [4.69, 9.17) is 16.3 Å². The van der Waals surface area contributed by atoms with Crippen LogP contribution in [0.15, 0.2) is 49.1 Å². The lowest BCUT2D eigenvalue weighted by atomic mass is 10.1. The second-order valence-electron chi connectivity index (χ2n) is 5.34. The van der Waals surface area contributed by atoms with Gasteiger partial charge in [-0.2, -0.15) is 5.10 Å². The largest absolute Gasteiger partial charge is 0.455 e. The van der Waals surface area contributed by atoms with Crippen molar-refractivity contribution in [3.63, 3.8) is 0 Å². The van der Waals surface area contributed by atoms with Gasteiger partial charge in [-0.25, -0.2) is 9.67 Å². The smallest absolute Gasteiger partial charge is 0.311 e. The van der Waals surface area contributed by atoms with E-state index in [-0.39, 0.29) is 12.4 Å². The van der Waals surface area contributed by atoms with Gasteiger partial charge in [0.25, 0.3) is 0 Å². The maximum Gasteiger partial charge on any atom is 0.311 e. The normalized spacial score (nSPS) is 12.1. The molecule has 0 N–H and O–H groups in total. The topological polar surface area (TPSA) is 57.0 Å². The predicted molar refractivity (Wildman–Crippen MR) is 93.1 cm³/mol. The number of benzene rings is 1. The molecule has 0 aliphatic carbocycles. The molecule has 0 spiro atoms. The van der Waals surface area contributed by atoms with Crippen LogP contribution in [0.5, 0.6) is 0 Å². The summed E-state index contributed by atoms with van der Waals surface area (Å²) in [6.07, 6.45) is 2.87. The van der Waals surface area contributed by atoms with Gasteiger partial charge in [-0.15, -0.1) is 11.3 Å². The van der Waals surface area contributed by atoms with E-state index >= 15 is 0 Å². The fraction of sp³-hybridized carbons (Fsp3) is 0.235. The predicted octanol–water partition coefficient (Wildman–Crippen LogP) is 3.83. The zero-order valence-electron chi connectivity index (χ0n) is 13.1. The number of rotatable bonds is 6. The Morgan fingerprint density at radius 3 is 2.71 bits per heavy atom. The SMILES string of the molecule is Cc1ccc(CC(=O)O[C@@H](Cn2cncn2)c2ccc(Cl)cc2)s1. The Hall–Kier alpha value is -2.18. The van der Waals surface area contributed by atoms with Gasteiger partial charge in [0.2, 0.25) is 0 Å². The minimum atomic E-state index is -0.447. The average molecular weight is 362 g/mol. The fourth-order valence-corrected chi connectivity index (χ4v) is 3.31. The van der Waals surface area contributed by atoms with E-state index in [1.807, 2.05) is 31.2 Å². The summed E-state index contributed by atoms with van der Waals surface area (Å²) >= 11 is 7.54. The minimum absolute atomic E-state index is 0.264. The third-order valence-electron chi connectivity index (χ3n) is 3.45. The Kier molecular flexibility index (Phi) is 5.27. The van der Waals surface area contributed by atoms with E-state index in [1.54, 1.807) is 34.5 Å². The van der Waals surface area contributed by atoms with Gasteiger partial charge < -0.3 is 4.74 Å². The number of nitrogens with zero attached hydrogens (tertiary/aromatic N) is 3. The Morgan fingerprint density at radius 1 is 1.29 bits per heavy atom. The first kappa shape index (κ1) is 16.7. The Bertz CT molecular complexity index is 800. The summed E-state index contributed by atoms with van der Waals surface area (Å²) < 4.78 is 7.34. The first-order chi connectivity index (χ1) is 11.6. The Labute approximate surface area is 148 Å². The molecule has 0 fully saturated rings. The van der Waals surface area contributed by atoms with Crippen LogP contribution in [0.2, 0.25) is 5.02 Å². The van der Waals surface area contributed by atoms with Crippen molar-refractivity contribution in [2.75, 3.05) is 0 Å². The molecule has 0 bridgehead atoms. The number of aromatic nitrogens is 3. The van der Waals surface area contributed by atoms with Gasteiger partial charge in [0, 0.05) is 14.8 Å².